The summed E-state index contributed by atoms with van der Waals surface area (Å²) in [5.74, 6) is -0.126. The van der Waals surface area contributed by atoms with Crippen LogP contribution in [-0.2, 0) is 9.53 Å². The molecule has 6 rings (SSSR count). The number of benzene rings is 3. The third-order valence-corrected chi connectivity index (χ3v) is 8.22. The molecule has 34 heavy (non-hydrogen) atoms. The number of carboxylic acids is 1. The van der Waals surface area contributed by atoms with Crippen LogP contribution in [0.4, 0.5) is 0 Å². The van der Waals surface area contributed by atoms with Gasteiger partial charge in [0.05, 0.1) is 5.56 Å². The summed E-state index contributed by atoms with van der Waals surface area (Å²) in [6, 6.07) is 20.2. The van der Waals surface area contributed by atoms with Gasteiger partial charge in [0, 0.05) is 19.7 Å². The van der Waals surface area contributed by atoms with Crippen LogP contribution in [-0.4, -0.2) is 47.7 Å². The van der Waals surface area contributed by atoms with E-state index in [-0.39, 0.29) is 12.0 Å². The molecule has 2 unspecified atom stereocenters. The van der Waals surface area contributed by atoms with E-state index in [0.29, 0.717) is 16.9 Å². The highest BCUT2D eigenvalue weighted by Gasteiger charge is 2.55. The largest absolute Gasteiger partial charge is 0.478 e. The number of aromatic carboxylic acids is 1. The van der Waals surface area contributed by atoms with Crippen LogP contribution >= 0.6 is 0 Å². The monoisotopic (exact) mass is 455 g/mol. The fraction of sp³-hybridized carbons (Fsp3) is 0.379. The fourth-order valence-electron chi connectivity index (χ4n) is 6.08. The summed E-state index contributed by atoms with van der Waals surface area (Å²) in [4.78, 5) is 26.2. The number of piperidine rings is 1. The van der Waals surface area contributed by atoms with E-state index in [4.69, 9.17) is 4.74 Å². The number of carbonyl (C=O) groups is 2. The Morgan fingerprint density at radius 2 is 1.74 bits per heavy atom. The van der Waals surface area contributed by atoms with E-state index < -0.39 is 5.97 Å². The normalized spacial score (nSPS) is 23.4. The van der Waals surface area contributed by atoms with E-state index in [1.807, 2.05) is 23.1 Å². The van der Waals surface area contributed by atoms with E-state index in [1.165, 1.54) is 12.0 Å². The number of ether oxygens (including phenoxy) is 1. The molecule has 3 aliphatic rings. The minimum atomic E-state index is -0.900. The molecule has 1 aliphatic carbocycles. The number of carbonyl (C=O) groups excluding carboxylic acids is 1. The van der Waals surface area contributed by atoms with Crippen molar-refractivity contribution < 1.29 is 19.4 Å². The molecule has 2 saturated heterocycles. The molecule has 0 aromatic heterocycles. The Hall–Kier alpha value is -3.18. The molecular formula is C29H29NO4. The first-order valence-corrected chi connectivity index (χ1v) is 12.3. The maximum Gasteiger partial charge on any atom is 0.336 e. The number of fused-ring (bicyclic) bond motifs is 1. The molecule has 3 aromatic rings. The van der Waals surface area contributed by atoms with E-state index >= 15 is 0 Å². The van der Waals surface area contributed by atoms with Crippen LogP contribution in [0, 0.1) is 5.41 Å². The summed E-state index contributed by atoms with van der Waals surface area (Å²) in [5.41, 5.74) is 4.30. The lowest BCUT2D eigenvalue weighted by molar-refractivity contribution is -0.142. The number of likely N-dealkylation sites (tertiary alicyclic amines) is 1. The third-order valence-electron chi connectivity index (χ3n) is 8.22. The molecule has 0 radical (unpaired) electrons. The summed E-state index contributed by atoms with van der Waals surface area (Å²) in [6.45, 7) is 2.42. The molecule has 5 nitrogen and oxygen atoms in total. The second-order valence-electron chi connectivity index (χ2n) is 10.1. The van der Waals surface area contributed by atoms with Crippen LogP contribution in [0.2, 0.25) is 0 Å². The van der Waals surface area contributed by atoms with E-state index in [1.54, 1.807) is 12.1 Å². The van der Waals surface area contributed by atoms with Crippen molar-refractivity contribution in [2.24, 2.45) is 5.41 Å². The summed E-state index contributed by atoms with van der Waals surface area (Å²) in [7, 11) is 0. The molecule has 1 amide bonds. The smallest absolute Gasteiger partial charge is 0.336 e. The van der Waals surface area contributed by atoms with Crippen LogP contribution in [0.15, 0.2) is 60.7 Å². The number of carboxylic acid groups (broad SMARTS) is 1. The zero-order valence-corrected chi connectivity index (χ0v) is 19.2. The molecule has 3 fully saturated rings. The van der Waals surface area contributed by atoms with Gasteiger partial charge in [-0.25, -0.2) is 4.79 Å². The van der Waals surface area contributed by atoms with Gasteiger partial charge in [-0.2, -0.15) is 0 Å². The lowest BCUT2D eigenvalue weighted by Gasteiger charge is -2.34. The van der Waals surface area contributed by atoms with Gasteiger partial charge in [0.2, 0.25) is 0 Å². The average molecular weight is 456 g/mol. The first-order valence-electron chi connectivity index (χ1n) is 12.3. The first kappa shape index (κ1) is 21.4. The first-order chi connectivity index (χ1) is 16.5. The molecule has 0 bridgehead atoms. The average Bonchev–Trinajstić information content (AvgIpc) is 3.28. The van der Waals surface area contributed by atoms with Crippen molar-refractivity contribution in [1.29, 1.82) is 0 Å². The Bertz CT molecular complexity index is 1250. The lowest BCUT2D eigenvalue weighted by Crippen LogP contribution is -2.44. The summed E-state index contributed by atoms with van der Waals surface area (Å²) >= 11 is 0. The van der Waals surface area contributed by atoms with Gasteiger partial charge in [-0.15, -0.1) is 0 Å². The highest BCUT2D eigenvalue weighted by atomic mass is 16.5. The van der Waals surface area contributed by atoms with Crippen molar-refractivity contribution in [3.8, 4) is 11.1 Å². The quantitative estimate of drug-likeness (QED) is 0.566. The molecule has 1 spiro atoms. The summed E-state index contributed by atoms with van der Waals surface area (Å²) in [6.07, 6.45) is 5.02. The van der Waals surface area contributed by atoms with E-state index in [9.17, 15) is 14.7 Å². The van der Waals surface area contributed by atoms with Crippen LogP contribution in [0.3, 0.4) is 0 Å². The van der Waals surface area contributed by atoms with Crippen LogP contribution in [0.5, 0.6) is 0 Å². The minimum Gasteiger partial charge on any atom is -0.478 e. The Balaban J connectivity index is 1.14. The number of hydrogen-bond acceptors (Lipinski definition) is 3. The molecule has 2 aliphatic heterocycles. The summed E-state index contributed by atoms with van der Waals surface area (Å²) < 4.78 is 5.60. The molecule has 2 heterocycles. The second-order valence-corrected chi connectivity index (χ2v) is 10.1. The van der Waals surface area contributed by atoms with Gasteiger partial charge in [-0.3, -0.25) is 4.79 Å². The molecule has 5 heteroatoms. The van der Waals surface area contributed by atoms with E-state index in [2.05, 4.69) is 30.3 Å². The van der Waals surface area contributed by atoms with Gasteiger partial charge in [0.25, 0.3) is 5.91 Å². The molecule has 3 aromatic carbocycles. The highest BCUT2D eigenvalue weighted by molar-refractivity contribution is 6.04. The van der Waals surface area contributed by atoms with Crippen molar-refractivity contribution in [3.63, 3.8) is 0 Å². The topological polar surface area (TPSA) is 66.8 Å². The van der Waals surface area contributed by atoms with Gasteiger partial charge in [-0.1, -0.05) is 48.5 Å². The highest BCUT2D eigenvalue weighted by Crippen LogP contribution is 2.65. The number of nitrogens with zero attached hydrogens (tertiary/aromatic N) is 1. The predicted octanol–water partition coefficient (Wildman–Crippen LogP) is 5.48. The molecule has 2 atom stereocenters. The fourth-order valence-corrected chi connectivity index (χ4v) is 6.08. The molecular weight excluding hydrogens is 426 g/mol. The van der Waals surface area contributed by atoms with Gasteiger partial charge >= 0.3 is 5.97 Å². The van der Waals surface area contributed by atoms with Crippen molar-refractivity contribution in [3.05, 3.63) is 71.8 Å². The van der Waals surface area contributed by atoms with Crippen molar-refractivity contribution >= 4 is 22.6 Å². The predicted molar refractivity (Wildman–Crippen MR) is 131 cm³/mol. The van der Waals surface area contributed by atoms with Crippen molar-refractivity contribution in [2.45, 2.75) is 44.1 Å². The summed E-state index contributed by atoms with van der Waals surface area (Å²) in [5, 5.41) is 11.1. The number of amides is 1. The van der Waals surface area contributed by atoms with E-state index in [0.717, 1.165) is 67.3 Å². The van der Waals surface area contributed by atoms with Crippen LogP contribution in [0.1, 0.15) is 53.9 Å². The maximum absolute atomic E-state index is 12.7. The van der Waals surface area contributed by atoms with Gasteiger partial charge in [-0.05, 0) is 83.0 Å². The minimum absolute atomic E-state index is 0.194. The van der Waals surface area contributed by atoms with Gasteiger partial charge in [0.15, 0.2) is 0 Å². The number of hydrogen-bond donors (Lipinski definition) is 1. The Morgan fingerprint density at radius 1 is 0.971 bits per heavy atom. The SMILES string of the molecule is O=C(O)c1cccc2cc(-c3ccc(C4CC45CCN(C(=O)C4CCCO4)CC5)cc3)ccc12. The standard InChI is InChI=1S/C29H29NO4/c31-27(26-5-2-16-34-26)30-14-12-29(13-15-30)18-25(29)20-8-6-19(7-9-20)21-10-11-23-22(17-21)3-1-4-24(23)28(32)33/h1,3-4,6-11,17,25-26H,2,5,12-16,18H2,(H,32,33). The third kappa shape index (κ3) is 3.68. The Labute approximate surface area is 199 Å². The van der Waals surface area contributed by atoms with Gasteiger partial charge < -0.3 is 14.7 Å². The molecule has 174 valence electrons. The number of rotatable bonds is 4. The lowest BCUT2D eigenvalue weighted by atomic mass is 9.88. The molecule has 1 N–H and O–H groups in total. The Kier molecular flexibility index (Phi) is 5.18. The van der Waals surface area contributed by atoms with Gasteiger partial charge in [0.1, 0.15) is 6.10 Å². The van der Waals surface area contributed by atoms with Crippen molar-refractivity contribution in [1.82, 2.24) is 4.90 Å². The van der Waals surface area contributed by atoms with Crippen LogP contribution < -0.4 is 0 Å². The maximum atomic E-state index is 12.7. The second kappa shape index (κ2) is 8.24. The van der Waals surface area contributed by atoms with Crippen molar-refractivity contribution in [2.75, 3.05) is 19.7 Å². The van der Waals surface area contributed by atoms with Crippen LogP contribution in [0.25, 0.3) is 21.9 Å². The Morgan fingerprint density at radius 3 is 2.44 bits per heavy atom. The zero-order valence-electron chi connectivity index (χ0n) is 19.2. The zero-order chi connectivity index (χ0) is 23.3. The molecule has 1 saturated carbocycles.